The average molecular weight is 604 g/mol. The lowest BCUT2D eigenvalue weighted by molar-refractivity contribution is -0.122. The van der Waals surface area contributed by atoms with E-state index >= 15 is 0 Å². The van der Waals surface area contributed by atoms with E-state index in [0.29, 0.717) is 23.6 Å². The predicted octanol–water partition coefficient (Wildman–Crippen LogP) is 6.20. The van der Waals surface area contributed by atoms with Crippen molar-refractivity contribution in [3.63, 3.8) is 0 Å². The number of furan rings is 1. The molecule has 0 radical (unpaired) electrons. The Morgan fingerprint density at radius 1 is 0.956 bits per heavy atom. The number of barbiturate groups is 1. The number of benzene rings is 2. The van der Waals surface area contributed by atoms with E-state index in [-0.39, 0.29) is 16.7 Å². The molecule has 9 heteroatoms. The number of esters is 1. The van der Waals surface area contributed by atoms with E-state index in [0.717, 1.165) is 33.6 Å². The van der Waals surface area contributed by atoms with Crippen molar-refractivity contribution in [3.05, 3.63) is 95.1 Å². The van der Waals surface area contributed by atoms with Gasteiger partial charge < -0.3 is 13.7 Å². The molecule has 228 valence electrons. The van der Waals surface area contributed by atoms with Crippen LogP contribution in [0.2, 0.25) is 0 Å². The Labute approximate surface area is 259 Å². The van der Waals surface area contributed by atoms with E-state index in [1.807, 2.05) is 47.2 Å². The third kappa shape index (κ3) is 4.60. The van der Waals surface area contributed by atoms with Gasteiger partial charge in [-0.25, -0.2) is 14.5 Å². The van der Waals surface area contributed by atoms with Crippen molar-refractivity contribution >= 4 is 46.5 Å². The van der Waals surface area contributed by atoms with Crippen molar-refractivity contribution < 1.29 is 28.3 Å². The molecule has 4 aromatic rings. The molecule has 4 amide bonds. The van der Waals surface area contributed by atoms with Crippen LogP contribution in [0.4, 0.5) is 10.5 Å². The number of para-hydroxylation sites is 1. The number of carbonyl (C=O) groups is 4. The fourth-order valence-electron chi connectivity index (χ4n) is 8.84. The van der Waals surface area contributed by atoms with Gasteiger partial charge in [-0.05, 0) is 104 Å². The van der Waals surface area contributed by atoms with Crippen molar-refractivity contribution in [1.29, 1.82) is 0 Å². The summed E-state index contributed by atoms with van der Waals surface area (Å²) in [5.41, 5.74) is 3.28. The van der Waals surface area contributed by atoms with Crippen LogP contribution in [0.15, 0.2) is 76.9 Å². The number of methoxy groups -OCH3 is 1. The Kier molecular flexibility index (Phi) is 6.34. The maximum absolute atomic E-state index is 13.8. The minimum absolute atomic E-state index is 0.103. The number of hydrogen-bond donors (Lipinski definition) is 1. The number of rotatable bonds is 6. The van der Waals surface area contributed by atoms with Gasteiger partial charge in [-0.3, -0.25) is 14.9 Å². The lowest BCUT2D eigenvalue weighted by Gasteiger charge is -2.57. The zero-order valence-corrected chi connectivity index (χ0v) is 25.0. The molecule has 4 bridgehead atoms. The van der Waals surface area contributed by atoms with E-state index in [9.17, 15) is 19.2 Å². The highest BCUT2D eigenvalue weighted by molar-refractivity contribution is 6.39. The van der Waals surface area contributed by atoms with E-state index in [1.165, 1.54) is 57.3 Å². The molecule has 4 saturated carbocycles. The van der Waals surface area contributed by atoms with Crippen molar-refractivity contribution in [2.75, 3.05) is 12.0 Å². The van der Waals surface area contributed by atoms with Crippen LogP contribution in [0.3, 0.4) is 0 Å². The smallest absolute Gasteiger partial charge is 0.373 e. The summed E-state index contributed by atoms with van der Waals surface area (Å²) in [5.74, 6) is 1.10. The van der Waals surface area contributed by atoms with E-state index in [4.69, 9.17) is 9.15 Å². The first kappa shape index (κ1) is 27.6. The standard InChI is InChI=1S/C36H33N3O6/c1-44-34(42)31-11-10-27(45-31)20-38-19-24(28-4-2-3-5-30(28)38)15-29-32(40)37-35(43)39(33(29)41)26-8-6-25(7-9-26)36-16-21-12-22(17-36)14-23(13-21)18-36/h2-11,15,19,21-23H,12-14,16-18,20H2,1H3,(H,37,40,43)/b29-15+. The second-order valence-corrected chi connectivity index (χ2v) is 13.2. The van der Waals surface area contributed by atoms with Gasteiger partial charge in [0.05, 0.1) is 19.3 Å². The van der Waals surface area contributed by atoms with Crippen LogP contribution in [0.5, 0.6) is 0 Å². The molecule has 2 aromatic heterocycles. The normalized spacial score (nSPS) is 26.6. The van der Waals surface area contributed by atoms with E-state index in [2.05, 4.69) is 17.4 Å². The number of fused-ring (bicyclic) bond motifs is 1. The summed E-state index contributed by atoms with van der Waals surface area (Å²) in [4.78, 5) is 52.7. The van der Waals surface area contributed by atoms with E-state index < -0.39 is 23.8 Å². The summed E-state index contributed by atoms with van der Waals surface area (Å²) < 4.78 is 12.3. The summed E-state index contributed by atoms with van der Waals surface area (Å²) in [5, 5.41) is 3.17. The predicted molar refractivity (Wildman–Crippen MR) is 166 cm³/mol. The van der Waals surface area contributed by atoms with Crippen molar-refractivity contribution in [2.45, 2.75) is 50.5 Å². The summed E-state index contributed by atoms with van der Waals surface area (Å²) in [6, 6.07) is 17.9. The molecule has 9 nitrogen and oxygen atoms in total. The zero-order chi connectivity index (χ0) is 30.9. The number of nitrogens with one attached hydrogen (secondary N) is 1. The molecule has 3 heterocycles. The zero-order valence-electron chi connectivity index (χ0n) is 25.0. The maximum atomic E-state index is 13.8. The van der Waals surface area contributed by atoms with Crippen molar-refractivity contribution in [2.24, 2.45) is 17.8 Å². The Bertz CT molecular complexity index is 1880. The lowest BCUT2D eigenvalue weighted by Crippen LogP contribution is -2.54. The van der Waals surface area contributed by atoms with Crippen LogP contribution >= 0.6 is 0 Å². The van der Waals surface area contributed by atoms with Gasteiger partial charge in [0.15, 0.2) is 0 Å². The van der Waals surface area contributed by atoms with Gasteiger partial charge in [0.2, 0.25) is 5.76 Å². The lowest BCUT2D eigenvalue weighted by atomic mass is 9.48. The van der Waals surface area contributed by atoms with Crippen molar-refractivity contribution in [3.8, 4) is 0 Å². The molecule has 1 saturated heterocycles. The highest BCUT2D eigenvalue weighted by Gasteiger charge is 2.51. The fraction of sp³-hybridized carbons (Fsp3) is 0.333. The minimum Gasteiger partial charge on any atom is -0.463 e. The highest BCUT2D eigenvalue weighted by Crippen LogP contribution is 2.60. The van der Waals surface area contributed by atoms with Gasteiger partial charge in [0.1, 0.15) is 11.3 Å². The second kappa shape index (κ2) is 10.3. The fourth-order valence-corrected chi connectivity index (χ4v) is 8.84. The molecule has 1 N–H and O–H groups in total. The van der Waals surface area contributed by atoms with Gasteiger partial charge in [0, 0.05) is 22.7 Å². The summed E-state index contributed by atoms with van der Waals surface area (Å²) in [6.45, 7) is 0.307. The molecule has 5 fully saturated rings. The molecule has 0 spiro atoms. The highest BCUT2D eigenvalue weighted by atomic mass is 16.5. The van der Waals surface area contributed by atoms with Gasteiger partial charge in [-0.2, -0.15) is 0 Å². The SMILES string of the molecule is COC(=O)c1ccc(Cn2cc(/C=C3\C(=O)NC(=O)N(c4ccc(C56CC7CC(CC(C7)C5)C6)cc4)C3=O)c3ccccc32)o1. The minimum atomic E-state index is -0.758. The molecule has 9 rings (SSSR count). The Morgan fingerprint density at radius 3 is 2.33 bits per heavy atom. The van der Waals surface area contributed by atoms with Crippen LogP contribution in [-0.4, -0.2) is 35.5 Å². The molecule has 0 atom stereocenters. The maximum Gasteiger partial charge on any atom is 0.373 e. The molecule has 2 aromatic carbocycles. The van der Waals surface area contributed by atoms with Crippen LogP contribution in [0.25, 0.3) is 17.0 Å². The molecular weight excluding hydrogens is 570 g/mol. The van der Waals surface area contributed by atoms with E-state index in [1.54, 1.807) is 12.1 Å². The van der Waals surface area contributed by atoms with Crippen LogP contribution in [-0.2, 0) is 26.3 Å². The Morgan fingerprint density at radius 2 is 1.64 bits per heavy atom. The first-order valence-corrected chi connectivity index (χ1v) is 15.6. The average Bonchev–Trinajstić information content (AvgIpc) is 3.63. The number of anilines is 1. The number of ether oxygens (including phenoxy) is 1. The van der Waals surface area contributed by atoms with Gasteiger partial charge in [-0.15, -0.1) is 0 Å². The summed E-state index contributed by atoms with van der Waals surface area (Å²) >= 11 is 0. The molecule has 45 heavy (non-hydrogen) atoms. The monoisotopic (exact) mass is 603 g/mol. The topological polar surface area (TPSA) is 111 Å². The summed E-state index contributed by atoms with van der Waals surface area (Å²) in [6.07, 6.45) is 11.1. The molecule has 0 unspecified atom stereocenters. The summed E-state index contributed by atoms with van der Waals surface area (Å²) in [7, 11) is 1.29. The third-order valence-corrected chi connectivity index (χ3v) is 10.4. The molecule has 1 aliphatic heterocycles. The first-order valence-electron chi connectivity index (χ1n) is 15.6. The molecule has 4 aliphatic carbocycles. The van der Waals surface area contributed by atoms with Crippen LogP contribution in [0, 0.1) is 17.8 Å². The molecular formula is C36H33N3O6. The van der Waals surface area contributed by atoms with Crippen LogP contribution < -0.4 is 10.2 Å². The second-order valence-electron chi connectivity index (χ2n) is 13.2. The number of aromatic nitrogens is 1. The van der Waals surface area contributed by atoms with Gasteiger partial charge >= 0.3 is 12.0 Å². The van der Waals surface area contributed by atoms with Gasteiger partial charge in [0.25, 0.3) is 11.8 Å². The largest absolute Gasteiger partial charge is 0.463 e. The first-order chi connectivity index (χ1) is 21.8. The Balaban J connectivity index is 1.09. The number of amides is 4. The number of hydrogen-bond acceptors (Lipinski definition) is 6. The third-order valence-electron chi connectivity index (χ3n) is 10.4. The van der Waals surface area contributed by atoms with Crippen molar-refractivity contribution in [1.82, 2.24) is 9.88 Å². The molecule has 5 aliphatic rings. The number of nitrogens with zero attached hydrogens (tertiary/aromatic N) is 2. The van der Waals surface area contributed by atoms with Crippen LogP contribution in [0.1, 0.15) is 66.0 Å². The number of urea groups is 1. The Hall–Kier alpha value is -4.92. The quantitative estimate of drug-likeness (QED) is 0.160. The number of carbonyl (C=O) groups excluding carboxylic acids is 4. The number of imide groups is 2. The van der Waals surface area contributed by atoms with Gasteiger partial charge in [-0.1, -0.05) is 30.3 Å².